The van der Waals surface area contributed by atoms with Crippen LogP contribution >= 0.6 is 27.7 Å². The lowest BCUT2D eigenvalue weighted by molar-refractivity contribution is -0.145. The standard InChI is InChI=1S/C12H13BrN2O4S/c1-14-12(18)15-10(16)6-19-11(17)7-20-9-4-2-8(13)3-5-9/h2-5H,6-7H2,1H3,(H2,14,15,16,18). The highest BCUT2D eigenvalue weighted by atomic mass is 79.9. The van der Waals surface area contributed by atoms with Gasteiger partial charge >= 0.3 is 12.0 Å². The maximum absolute atomic E-state index is 11.4. The number of esters is 1. The van der Waals surface area contributed by atoms with Crippen molar-refractivity contribution in [3.63, 3.8) is 0 Å². The number of ether oxygens (including phenoxy) is 1. The second-order valence-electron chi connectivity index (χ2n) is 3.53. The Kier molecular flexibility index (Phi) is 7.10. The molecule has 0 atom stereocenters. The van der Waals surface area contributed by atoms with E-state index in [1.165, 1.54) is 18.8 Å². The average molecular weight is 361 g/mol. The van der Waals surface area contributed by atoms with Crippen molar-refractivity contribution in [1.82, 2.24) is 10.6 Å². The first-order valence-corrected chi connectivity index (χ1v) is 7.34. The summed E-state index contributed by atoms with van der Waals surface area (Å²) in [5, 5.41) is 4.20. The Morgan fingerprint density at radius 2 is 1.90 bits per heavy atom. The average Bonchev–Trinajstić information content (AvgIpc) is 2.44. The van der Waals surface area contributed by atoms with Gasteiger partial charge in [0.05, 0.1) is 5.75 Å². The molecule has 0 saturated heterocycles. The second kappa shape index (κ2) is 8.60. The Bertz CT molecular complexity index is 493. The van der Waals surface area contributed by atoms with Crippen molar-refractivity contribution >= 4 is 45.6 Å². The summed E-state index contributed by atoms with van der Waals surface area (Å²) in [7, 11) is 1.38. The molecule has 0 aliphatic carbocycles. The fourth-order valence-electron chi connectivity index (χ4n) is 1.09. The van der Waals surface area contributed by atoms with Gasteiger partial charge in [-0.1, -0.05) is 15.9 Å². The van der Waals surface area contributed by atoms with Crippen molar-refractivity contribution in [2.75, 3.05) is 19.4 Å². The first-order valence-electron chi connectivity index (χ1n) is 5.57. The monoisotopic (exact) mass is 360 g/mol. The smallest absolute Gasteiger partial charge is 0.321 e. The van der Waals surface area contributed by atoms with Gasteiger partial charge in [0.1, 0.15) is 0 Å². The van der Waals surface area contributed by atoms with E-state index in [0.29, 0.717) is 0 Å². The summed E-state index contributed by atoms with van der Waals surface area (Å²) in [6.45, 7) is -0.479. The topological polar surface area (TPSA) is 84.5 Å². The van der Waals surface area contributed by atoms with Gasteiger partial charge in [-0.25, -0.2) is 4.79 Å². The van der Waals surface area contributed by atoms with E-state index in [1.807, 2.05) is 29.6 Å². The number of carbonyl (C=O) groups excluding carboxylic acids is 3. The Hall–Kier alpha value is -1.54. The maximum Gasteiger partial charge on any atom is 0.321 e. The number of thioether (sulfide) groups is 1. The van der Waals surface area contributed by atoms with E-state index in [4.69, 9.17) is 4.74 Å². The quantitative estimate of drug-likeness (QED) is 0.614. The highest BCUT2D eigenvalue weighted by molar-refractivity contribution is 9.10. The van der Waals surface area contributed by atoms with E-state index >= 15 is 0 Å². The third kappa shape index (κ3) is 6.58. The highest BCUT2D eigenvalue weighted by Crippen LogP contribution is 2.20. The van der Waals surface area contributed by atoms with Gasteiger partial charge in [0.15, 0.2) is 6.61 Å². The van der Waals surface area contributed by atoms with E-state index < -0.39 is 24.5 Å². The summed E-state index contributed by atoms with van der Waals surface area (Å²) in [6, 6.07) is 6.81. The van der Waals surface area contributed by atoms with Crippen molar-refractivity contribution < 1.29 is 19.1 Å². The fraction of sp³-hybridized carbons (Fsp3) is 0.250. The maximum atomic E-state index is 11.4. The zero-order valence-electron chi connectivity index (χ0n) is 10.6. The van der Waals surface area contributed by atoms with E-state index in [2.05, 4.69) is 21.2 Å². The number of halogens is 1. The summed E-state index contributed by atoms with van der Waals surface area (Å²) in [5.41, 5.74) is 0. The van der Waals surface area contributed by atoms with Crippen molar-refractivity contribution in [2.24, 2.45) is 0 Å². The molecule has 0 aromatic heterocycles. The summed E-state index contributed by atoms with van der Waals surface area (Å²) in [5.74, 6) is -1.11. The number of hydrogen-bond acceptors (Lipinski definition) is 5. The van der Waals surface area contributed by atoms with Crippen LogP contribution in [0.15, 0.2) is 33.6 Å². The molecule has 0 radical (unpaired) electrons. The molecule has 8 heteroatoms. The van der Waals surface area contributed by atoms with Crippen LogP contribution in [-0.4, -0.2) is 37.3 Å². The molecule has 1 rings (SSSR count). The number of amides is 3. The molecule has 2 N–H and O–H groups in total. The third-order valence-corrected chi connectivity index (χ3v) is 3.53. The van der Waals surface area contributed by atoms with Crippen LogP contribution in [0, 0.1) is 0 Å². The first-order chi connectivity index (χ1) is 9.51. The molecule has 1 aromatic carbocycles. The molecule has 3 amide bonds. The lowest BCUT2D eigenvalue weighted by Crippen LogP contribution is -2.39. The summed E-state index contributed by atoms with van der Waals surface area (Å²) in [6.07, 6.45) is 0. The Morgan fingerprint density at radius 1 is 1.25 bits per heavy atom. The van der Waals surface area contributed by atoms with Crippen LogP contribution in [0.5, 0.6) is 0 Å². The molecule has 0 bridgehead atoms. The predicted octanol–water partition coefficient (Wildman–Crippen LogP) is 1.54. The van der Waals surface area contributed by atoms with Crippen LogP contribution in [0.2, 0.25) is 0 Å². The number of carbonyl (C=O) groups is 3. The molecule has 0 spiro atoms. The summed E-state index contributed by atoms with van der Waals surface area (Å²) >= 11 is 4.61. The minimum Gasteiger partial charge on any atom is -0.455 e. The van der Waals surface area contributed by atoms with Crippen molar-refractivity contribution in [1.29, 1.82) is 0 Å². The van der Waals surface area contributed by atoms with Crippen LogP contribution in [0.4, 0.5) is 4.79 Å². The van der Waals surface area contributed by atoms with Gasteiger partial charge in [0.2, 0.25) is 0 Å². The van der Waals surface area contributed by atoms with E-state index in [9.17, 15) is 14.4 Å². The van der Waals surface area contributed by atoms with E-state index in [0.717, 1.165) is 9.37 Å². The van der Waals surface area contributed by atoms with Gasteiger partial charge in [0, 0.05) is 16.4 Å². The fourth-order valence-corrected chi connectivity index (χ4v) is 2.05. The largest absolute Gasteiger partial charge is 0.455 e. The number of nitrogens with one attached hydrogen (secondary N) is 2. The van der Waals surface area contributed by atoms with Crippen LogP contribution < -0.4 is 10.6 Å². The molecule has 0 unspecified atom stereocenters. The minimum atomic E-state index is -0.675. The van der Waals surface area contributed by atoms with Crippen molar-refractivity contribution in [3.05, 3.63) is 28.7 Å². The van der Waals surface area contributed by atoms with Gasteiger partial charge in [-0.15, -0.1) is 11.8 Å². The molecular weight excluding hydrogens is 348 g/mol. The molecule has 0 heterocycles. The number of urea groups is 1. The van der Waals surface area contributed by atoms with E-state index in [1.54, 1.807) is 0 Å². The normalized spacial score (nSPS) is 9.70. The lowest BCUT2D eigenvalue weighted by atomic mass is 10.4. The molecule has 108 valence electrons. The molecule has 0 aliphatic rings. The summed E-state index contributed by atoms with van der Waals surface area (Å²) < 4.78 is 5.69. The Balaban J connectivity index is 2.25. The Morgan fingerprint density at radius 3 is 2.50 bits per heavy atom. The molecule has 20 heavy (non-hydrogen) atoms. The minimum absolute atomic E-state index is 0.0921. The third-order valence-electron chi connectivity index (χ3n) is 2.01. The zero-order valence-corrected chi connectivity index (χ0v) is 13.0. The van der Waals surface area contributed by atoms with Crippen molar-refractivity contribution in [3.8, 4) is 0 Å². The number of rotatable bonds is 5. The van der Waals surface area contributed by atoms with Gasteiger partial charge in [-0.3, -0.25) is 14.9 Å². The Labute approximate surface area is 128 Å². The van der Waals surface area contributed by atoms with Gasteiger partial charge in [-0.05, 0) is 24.3 Å². The lowest BCUT2D eigenvalue weighted by Gasteiger charge is -2.05. The highest BCUT2D eigenvalue weighted by Gasteiger charge is 2.10. The molecular formula is C12H13BrN2O4S. The van der Waals surface area contributed by atoms with Crippen LogP contribution in [0.3, 0.4) is 0 Å². The van der Waals surface area contributed by atoms with Crippen molar-refractivity contribution in [2.45, 2.75) is 4.90 Å². The van der Waals surface area contributed by atoms with Gasteiger partial charge in [-0.2, -0.15) is 0 Å². The SMILES string of the molecule is CNC(=O)NC(=O)COC(=O)CSc1ccc(Br)cc1. The van der Waals surface area contributed by atoms with Gasteiger partial charge in [0.25, 0.3) is 5.91 Å². The molecule has 6 nitrogen and oxygen atoms in total. The second-order valence-corrected chi connectivity index (χ2v) is 5.50. The van der Waals surface area contributed by atoms with Crippen LogP contribution in [-0.2, 0) is 14.3 Å². The van der Waals surface area contributed by atoms with E-state index in [-0.39, 0.29) is 5.75 Å². The van der Waals surface area contributed by atoms with Crippen LogP contribution in [0.1, 0.15) is 0 Å². The number of imide groups is 1. The zero-order chi connectivity index (χ0) is 15.0. The van der Waals surface area contributed by atoms with Gasteiger partial charge < -0.3 is 10.1 Å². The summed E-state index contributed by atoms with van der Waals surface area (Å²) in [4.78, 5) is 34.3. The molecule has 0 fully saturated rings. The molecule has 0 aliphatic heterocycles. The predicted molar refractivity (Wildman–Crippen MR) is 78.4 cm³/mol. The number of hydrogen-bond donors (Lipinski definition) is 2. The molecule has 0 saturated carbocycles. The molecule has 1 aromatic rings. The van der Waals surface area contributed by atoms with Crippen LogP contribution in [0.25, 0.3) is 0 Å². The number of benzene rings is 1. The first kappa shape index (κ1) is 16.5.